The number of hydrogen-bond donors (Lipinski definition) is 0. The minimum atomic E-state index is -0.694. The van der Waals surface area contributed by atoms with E-state index in [1.807, 2.05) is 11.1 Å². The Morgan fingerprint density at radius 3 is 1.59 bits per heavy atom. The summed E-state index contributed by atoms with van der Waals surface area (Å²) in [6.07, 6.45) is 13.0. The Bertz CT molecular complexity index is 1710. The van der Waals surface area contributed by atoms with Gasteiger partial charge in [-0.2, -0.15) is 0 Å². The third-order valence-corrected chi connectivity index (χ3v) is 16.1. The number of hydrogen-bond acceptors (Lipinski definition) is 0. The number of allylic oxidation sites excluding steroid dienone is 2. The van der Waals surface area contributed by atoms with E-state index in [9.17, 15) is 0 Å². The molecule has 2 heteroatoms. The average Bonchev–Trinajstić information content (AvgIpc) is 3.14. The van der Waals surface area contributed by atoms with Gasteiger partial charge in [-0.15, -0.1) is 0 Å². The first-order valence-corrected chi connectivity index (χ1v) is 20.3. The van der Waals surface area contributed by atoms with Gasteiger partial charge in [0.15, 0.2) is 0 Å². The van der Waals surface area contributed by atoms with Crippen molar-refractivity contribution in [1.29, 1.82) is 0 Å². The van der Waals surface area contributed by atoms with Crippen LogP contribution in [0.5, 0.6) is 0 Å². The Hall–Kier alpha value is -3.30. The van der Waals surface area contributed by atoms with E-state index in [2.05, 4.69) is 133 Å². The van der Waals surface area contributed by atoms with Crippen LogP contribution in [0.2, 0.25) is 0 Å². The predicted octanol–water partition coefficient (Wildman–Crippen LogP) is 9.57. The monoisotopic (exact) mass is 634 g/mol. The molecule has 5 aromatic carbocycles. The number of rotatable bonds is 7. The van der Waals surface area contributed by atoms with Crippen molar-refractivity contribution in [2.75, 3.05) is 0 Å². The van der Waals surface area contributed by atoms with E-state index in [-0.39, 0.29) is 0 Å². The van der Waals surface area contributed by atoms with Gasteiger partial charge in [-0.05, 0) is 129 Å². The molecule has 46 heavy (non-hydrogen) atoms. The summed E-state index contributed by atoms with van der Waals surface area (Å²) in [7, 11) is -1.24. The van der Waals surface area contributed by atoms with Crippen molar-refractivity contribution in [3.05, 3.63) is 161 Å². The molecule has 1 unspecified atom stereocenters. The SMILES string of the molecule is c1ccc(P(c2ccccc2)c2ccc3c(c2C2C4=C(CCCC4)CC[C@H]2P(c2ccccc2)c2ccccc2)CCCC3)cc1. The Balaban J connectivity index is 1.41. The Morgan fingerprint density at radius 2 is 0.978 bits per heavy atom. The molecule has 0 N–H and O–H groups in total. The molecule has 230 valence electrons. The molecule has 0 aliphatic heterocycles. The van der Waals surface area contributed by atoms with Gasteiger partial charge in [0, 0.05) is 5.92 Å². The minimum Gasteiger partial charge on any atom is -0.0703 e. The molecule has 0 heterocycles. The molecule has 3 aliphatic carbocycles. The molecule has 0 nitrogen and oxygen atoms in total. The highest BCUT2D eigenvalue weighted by Crippen LogP contribution is 2.57. The summed E-state index contributed by atoms with van der Waals surface area (Å²) in [5.41, 5.74) is 9.33. The van der Waals surface area contributed by atoms with Gasteiger partial charge in [0.05, 0.1) is 0 Å². The highest BCUT2D eigenvalue weighted by Gasteiger charge is 2.42. The van der Waals surface area contributed by atoms with Crippen molar-refractivity contribution >= 4 is 42.4 Å². The van der Waals surface area contributed by atoms with Crippen LogP contribution in [0.3, 0.4) is 0 Å². The van der Waals surface area contributed by atoms with Crippen LogP contribution >= 0.6 is 15.8 Å². The molecule has 0 radical (unpaired) electrons. The van der Waals surface area contributed by atoms with Crippen LogP contribution < -0.4 is 26.5 Å². The van der Waals surface area contributed by atoms with Gasteiger partial charge in [0.2, 0.25) is 0 Å². The molecule has 3 aliphatic rings. The summed E-state index contributed by atoms with van der Waals surface area (Å²) >= 11 is 0. The first-order chi connectivity index (χ1) is 22.9. The van der Waals surface area contributed by atoms with Crippen LogP contribution in [-0.4, -0.2) is 5.66 Å². The van der Waals surface area contributed by atoms with E-state index in [4.69, 9.17) is 0 Å². The van der Waals surface area contributed by atoms with E-state index >= 15 is 0 Å². The van der Waals surface area contributed by atoms with Crippen molar-refractivity contribution in [3.63, 3.8) is 0 Å². The smallest absolute Gasteiger partial charge is 0.0134 e. The third kappa shape index (κ3) is 5.85. The van der Waals surface area contributed by atoms with E-state index in [1.165, 1.54) is 74.8 Å². The van der Waals surface area contributed by atoms with Gasteiger partial charge < -0.3 is 0 Å². The maximum atomic E-state index is 2.60. The zero-order valence-electron chi connectivity index (χ0n) is 26.8. The molecule has 0 saturated carbocycles. The first kappa shape index (κ1) is 30.1. The fourth-order valence-corrected chi connectivity index (χ4v) is 14.3. The van der Waals surface area contributed by atoms with Crippen LogP contribution in [0.1, 0.15) is 74.0 Å². The maximum absolute atomic E-state index is 2.60. The van der Waals surface area contributed by atoms with E-state index in [1.54, 1.807) is 32.6 Å². The van der Waals surface area contributed by atoms with Gasteiger partial charge in [0.1, 0.15) is 0 Å². The molecule has 0 bridgehead atoms. The molecule has 0 spiro atoms. The Kier molecular flexibility index (Phi) is 9.03. The lowest BCUT2D eigenvalue weighted by atomic mass is 9.70. The van der Waals surface area contributed by atoms with Crippen molar-refractivity contribution in [3.8, 4) is 0 Å². The zero-order valence-corrected chi connectivity index (χ0v) is 28.6. The van der Waals surface area contributed by atoms with Crippen LogP contribution in [0.4, 0.5) is 0 Å². The second kappa shape index (κ2) is 13.8. The van der Waals surface area contributed by atoms with Gasteiger partial charge in [0.25, 0.3) is 0 Å². The quantitative estimate of drug-likeness (QED) is 0.124. The van der Waals surface area contributed by atoms with Crippen LogP contribution in [-0.2, 0) is 12.8 Å². The molecule has 0 amide bonds. The fraction of sp³-hybridized carbons (Fsp3) is 0.273. The average molecular weight is 635 g/mol. The van der Waals surface area contributed by atoms with E-state index < -0.39 is 15.8 Å². The normalized spacial score (nSPS) is 19.6. The van der Waals surface area contributed by atoms with E-state index in [0.29, 0.717) is 11.6 Å². The van der Waals surface area contributed by atoms with Crippen LogP contribution in [0, 0.1) is 0 Å². The van der Waals surface area contributed by atoms with E-state index in [0.717, 1.165) is 0 Å². The van der Waals surface area contributed by atoms with Gasteiger partial charge in [-0.25, -0.2) is 0 Å². The number of benzene rings is 5. The standard InChI is InChI=1S/C44H44P2/c1-5-19-35(20-6-1)45(36-21-7-2-8-22-36)41-31-29-33-17-13-15-27-39(33)43(41)44-40-28-16-14-18-34(40)30-32-42(44)46(37-23-9-3-10-24-37)38-25-11-4-12-26-38/h1-12,19-26,29,31,42,44H,13-18,27-28,30,32H2/t42-,44?/m1/s1. The first-order valence-electron chi connectivity index (χ1n) is 17.5. The minimum absolute atomic E-state index is 0.482. The van der Waals surface area contributed by atoms with Crippen molar-refractivity contribution in [1.82, 2.24) is 0 Å². The lowest BCUT2D eigenvalue weighted by Crippen LogP contribution is -2.36. The predicted molar refractivity (Wildman–Crippen MR) is 202 cm³/mol. The lowest BCUT2D eigenvalue weighted by Gasteiger charge is -2.45. The second-order valence-electron chi connectivity index (χ2n) is 13.3. The summed E-state index contributed by atoms with van der Waals surface area (Å²) in [6.45, 7) is 0. The molecule has 2 atom stereocenters. The summed E-state index contributed by atoms with van der Waals surface area (Å²) in [6, 6.07) is 51.3. The Labute approximate surface area is 278 Å². The third-order valence-electron chi connectivity index (χ3n) is 10.7. The maximum Gasteiger partial charge on any atom is 0.0134 e. The highest BCUT2D eigenvalue weighted by atomic mass is 31.1. The van der Waals surface area contributed by atoms with Gasteiger partial charge in [-0.3, -0.25) is 0 Å². The molecule has 0 fully saturated rings. The van der Waals surface area contributed by atoms with Gasteiger partial charge >= 0.3 is 0 Å². The topological polar surface area (TPSA) is 0 Å². The fourth-order valence-electron chi connectivity index (χ4n) is 8.69. The summed E-state index contributed by atoms with van der Waals surface area (Å²) in [5.74, 6) is 0.482. The second-order valence-corrected chi connectivity index (χ2v) is 17.9. The lowest BCUT2D eigenvalue weighted by molar-refractivity contribution is 0.520. The Morgan fingerprint density at radius 1 is 0.457 bits per heavy atom. The summed E-state index contributed by atoms with van der Waals surface area (Å²) < 4.78 is 0. The summed E-state index contributed by atoms with van der Waals surface area (Å²) in [4.78, 5) is 0. The van der Waals surface area contributed by atoms with Crippen molar-refractivity contribution in [2.24, 2.45) is 0 Å². The molecule has 0 saturated heterocycles. The summed E-state index contributed by atoms with van der Waals surface area (Å²) in [5, 5.41) is 7.65. The van der Waals surface area contributed by atoms with Gasteiger partial charge in [-0.1, -0.05) is 145 Å². The van der Waals surface area contributed by atoms with Crippen molar-refractivity contribution < 1.29 is 0 Å². The highest BCUT2D eigenvalue weighted by molar-refractivity contribution is 7.80. The van der Waals surface area contributed by atoms with Crippen molar-refractivity contribution in [2.45, 2.75) is 75.8 Å². The largest absolute Gasteiger partial charge is 0.0703 e. The number of aryl methyl sites for hydroxylation is 1. The molecular weight excluding hydrogens is 590 g/mol. The number of fused-ring (bicyclic) bond motifs is 1. The molecule has 0 aromatic heterocycles. The molecular formula is C44H44P2. The molecule has 8 rings (SSSR count). The van der Waals surface area contributed by atoms with Crippen LogP contribution in [0.15, 0.2) is 145 Å². The molecule has 5 aromatic rings. The van der Waals surface area contributed by atoms with Crippen LogP contribution in [0.25, 0.3) is 0 Å². The zero-order chi connectivity index (χ0) is 30.7.